The molecule has 14 heavy (non-hydrogen) atoms. The summed E-state index contributed by atoms with van der Waals surface area (Å²) in [6.07, 6.45) is -4.32. The first-order valence-corrected chi connectivity index (χ1v) is 3.92. The lowest BCUT2D eigenvalue weighted by Crippen LogP contribution is -2.09. The molecule has 0 saturated carbocycles. The molecule has 0 saturated heterocycles. The smallest absolute Gasteiger partial charge is 0.279 e. The van der Waals surface area contributed by atoms with Crippen molar-refractivity contribution < 1.29 is 18.0 Å². The second-order valence-electron chi connectivity index (χ2n) is 2.78. The molecular weight excluding hydrogens is 195 g/mol. The van der Waals surface area contributed by atoms with E-state index in [1.807, 2.05) is 0 Å². The summed E-state index contributed by atoms with van der Waals surface area (Å²) in [6.45, 7) is 1.39. The van der Waals surface area contributed by atoms with Crippen LogP contribution < -0.4 is 5.48 Å². The molecule has 0 spiro atoms. The highest BCUT2D eigenvalue weighted by Crippen LogP contribution is 2.34. The molecule has 0 heterocycles. The molecular formula is C9H10F3NO. The molecule has 0 radical (unpaired) electrons. The van der Waals surface area contributed by atoms with Gasteiger partial charge in [-0.1, -0.05) is 6.07 Å². The summed E-state index contributed by atoms with van der Waals surface area (Å²) in [5.74, 6) is 0. The Bertz CT molecular complexity index is 322. The summed E-state index contributed by atoms with van der Waals surface area (Å²) in [4.78, 5) is 4.56. The normalized spacial score (nSPS) is 11.5. The first-order valence-electron chi connectivity index (χ1n) is 3.92. The topological polar surface area (TPSA) is 21.3 Å². The molecule has 1 rings (SSSR count). The van der Waals surface area contributed by atoms with E-state index in [9.17, 15) is 13.2 Å². The van der Waals surface area contributed by atoms with Gasteiger partial charge in [0.2, 0.25) is 0 Å². The van der Waals surface area contributed by atoms with Crippen LogP contribution in [0.15, 0.2) is 18.2 Å². The molecule has 0 aliphatic rings. The van der Waals surface area contributed by atoms with Crippen molar-refractivity contribution in [3.63, 3.8) is 0 Å². The zero-order chi connectivity index (χ0) is 10.8. The average Bonchev–Trinajstić information content (AvgIpc) is 2.07. The third-order valence-electron chi connectivity index (χ3n) is 1.85. The van der Waals surface area contributed by atoms with Crippen LogP contribution in [0.5, 0.6) is 0 Å². The highest BCUT2D eigenvalue weighted by atomic mass is 19.4. The number of anilines is 1. The number of hydrogen-bond donors (Lipinski definition) is 1. The van der Waals surface area contributed by atoms with E-state index in [-0.39, 0.29) is 5.56 Å². The van der Waals surface area contributed by atoms with Crippen molar-refractivity contribution in [3.8, 4) is 0 Å². The van der Waals surface area contributed by atoms with Gasteiger partial charge < -0.3 is 0 Å². The van der Waals surface area contributed by atoms with Gasteiger partial charge in [-0.2, -0.15) is 13.2 Å². The van der Waals surface area contributed by atoms with Gasteiger partial charge in [-0.05, 0) is 24.6 Å². The van der Waals surface area contributed by atoms with Crippen molar-refractivity contribution >= 4 is 5.69 Å². The van der Waals surface area contributed by atoms with Crippen LogP contribution in [-0.2, 0) is 11.0 Å². The maximum Gasteiger partial charge on any atom is 0.416 e. The van der Waals surface area contributed by atoms with E-state index in [2.05, 4.69) is 10.3 Å². The van der Waals surface area contributed by atoms with E-state index < -0.39 is 11.7 Å². The summed E-state index contributed by atoms with van der Waals surface area (Å²) in [5, 5.41) is 0. The molecule has 0 unspecified atom stereocenters. The first-order chi connectivity index (χ1) is 6.46. The SMILES string of the molecule is CONc1cccc(C(F)(F)F)c1C. The van der Waals surface area contributed by atoms with Crippen LogP contribution >= 0.6 is 0 Å². The van der Waals surface area contributed by atoms with Crippen LogP contribution in [0.1, 0.15) is 11.1 Å². The highest BCUT2D eigenvalue weighted by Gasteiger charge is 2.32. The van der Waals surface area contributed by atoms with Crippen LogP contribution in [-0.4, -0.2) is 7.11 Å². The Hall–Kier alpha value is -1.23. The Morgan fingerprint density at radius 3 is 2.43 bits per heavy atom. The maximum atomic E-state index is 12.4. The Labute approximate surface area is 79.6 Å². The van der Waals surface area contributed by atoms with Crippen LogP contribution in [0.2, 0.25) is 0 Å². The predicted molar refractivity (Wildman–Crippen MR) is 46.8 cm³/mol. The Morgan fingerprint density at radius 2 is 1.93 bits per heavy atom. The predicted octanol–water partition coefficient (Wildman–Crippen LogP) is 2.99. The van der Waals surface area contributed by atoms with E-state index in [1.165, 1.54) is 26.2 Å². The van der Waals surface area contributed by atoms with E-state index in [4.69, 9.17) is 0 Å². The summed E-state index contributed by atoms with van der Waals surface area (Å²) >= 11 is 0. The lowest BCUT2D eigenvalue weighted by atomic mass is 10.1. The van der Waals surface area contributed by atoms with Crippen molar-refractivity contribution in [2.45, 2.75) is 13.1 Å². The third kappa shape index (κ3) is 2.17. The summed E-state index contributed by atoms with van der Waals surface area (Å²) < 4.78 is 37.2. The zero-order valence-electron chi connectivity index (χ0n) is 7.77. The van der Waals surface area contributed by atoms with Gasteiger partial charge in [-0.15, -0.1) is 0 Å². The number of nitrogens with one attached hydrogen (secondary N) is 1. The molecule has 0 amide bonds. The second-order valence-corrected chi connectivity index (χ2v) is 2.78. The van der Waals surface area contributed by atoms with Crippen LogP contribution in [0.4, 0.5) is 18.9 Å². The summed E-state index contributed by atoms with van der Waals surface area (Å²) in [7, 11) is 1.35. The molecule has 0 aliphatic heterocycles. The van der Waals surface area contributed by atoms with Gasteiger partial charge in [0.15, 0.2) is 0 Å². The lowest BCUT2D eigenvalue weighted by molar-refractivity contribution is -0.138. The minimum absolute atomic E-state index is 0.127. The Balaban J connectivity index is 3.14. The van der Waals surface area contributed by atoms with Crippen molar-refractivity contribution in [1.82, 2.24) is 0 Å². The monoisotopic (exact) mass is 205 g/mol. The van der Waals surface area contributed by atoms with Crippen molar-refractivity contribution in [1.29, 1.82) is 0 Å². The van der Waals surface area contributed by atoms with E-state index >= 15 is 0 Å². The van der Waals surface area contributed by atoms with E-state index in [0.29, 0.717) is 5.69 Å². The Morgan fingerprint density at radius 1 is 1.29 bits per heavy atom. The highest BCUT2D eigenvalue weighted by molar-refractivity contribution is 5.53. The number of halogens is 3. The quantitative estimate of drug-likeness (QED) is 0.749. The van der Waals surface area contributed by atoms with E-state index in [1.54, 1.807) is 0 Å². The molecule has 78 valence electrons. The maximum absolute atomic E-state index is 12.4. The second kappa shape index (κ2) is 3.88. The summed E-state index contributed by atoms with van der Waals surface area (Å²) in [6, 6.07) is 3.89. The van der Waals surface area contributed by atoms with Gasteiger partial charge in [0.1, 0.15) is 0 Å². The minimum atomic E-state index is -4.32. The number of benzene rings is 1. The van der Waals surface area contributed by atoms with Gasteiger partial charge in [0.25, 0.3) is 0 Å². The lowest BCUT2D eigenvalue weighted by Gasteiger charge is -2.13. The van der Waals surface area contributed by atoms with Crippen LogP contribution in [0.3, 0.4) is 0 Å². The van der Waals surface area contributed by atoms with Gasteiger partial charge in [-0.3, -0.25) is 10.3 Å². The van der Waals surface area contributed by atoms with Crippen LogP contribution in [0, 0.1) is 6.92 Å². The number of alkyl halides is 3. The van der Waals surface area contributed by atoms with Gasteiger partial charge in [0.05, 0.1) is 18.4 Å². The molecule has 0 atom stereocenters. The van der Waals surface area contributed by atoms with Crippen molar-refractivity contribution in [2.75, 3.05) is 12.6 Å². The average molecular weight is 205 g/mol. The fraction of sp³-hybridized carbons (Fsp3) is 0.333. The molecule has 1 aromatic rings. The van der Waals surface area contributed by atoms with Crippen molar-refractivity contribution in [3.05, 3.63) is 29.3 Å². The molecule has 0 aromatic heterocycles. The zero-order valence-corrected chi connectivity index (χ0v) is 7.77. The molecule has 1 aromatic carbocycles. The fourth-order valence-electron chi connectivity index (χ4n) is 1.16. The fourth-order valence-corrected chi connectivity index (χ4v) is 1.16. The van der Waals surface area contributed by atoms with Gasteiger partial charge in [-0.25, -0.2) is 0 Å². The van der Waals surface area contributed by atoms with E-state index in [0.717, 1.165) is 6.07 Å². The van der Waals surface area contributed by atoms with Gasteiger partial charge in [0, 0.05) is 0 Å². The van der Waals surface area contributed by atoms with Gasteiger partial charge >= 0.3 is 6.18 Å². The largest absolute Gasteiger partial charge is 0.416 e. The standard InChI is InChI=1S/C9H10F3NO/c1-6-7(9(10,11)12)4-3-5-8(6)13-14-2/h3-5,13H,1-2H3. The Kier molecular flexibility index (Phi) is 3.00. The number of hydrogen-bond acceptors (Lipinski definition) is 2. The first kappa shape index (κ1) is 10.8. The minimum Gasteiger partial charge on any atom is -0.279 e. The molecule has 0 bridgehead atoms. The van der Waals surface area contributed by atoms with Crippen molar-refractivity contribution in [2.24, 2.45) is 0 Å². The summed E-state index contributed by atoms with van der Waals surface area (Å²) in [5.41, 5.74) is 2.18. The van der Waals surface area contributed by atoms with Crippen LogP contribution in [0.25, 0.3) is 0 Å². The molecule has 0 aliphatic carbocycles. The molecule has 2 nitrogen and oxygen atoms in total. The number of rotatable bonds is 2. The molecule has 1 N–H and O–H groups in total. The molecule has 0 fully saturated rings. The third-order valence-corrected chi connectivity index (χ3v) is 1.85. The molecule has 5 heteroatoms.